The first-order valence-corrected chi connectivity index (χ1v) is 10.3. The predicted octanol–water partition coefficient (Wildman–Crippen LogP) is 3.07. The van der Waals surface area contributed by atoms with Crippen LogP contribution in [0.3, 0.4) is 0 Å². The molecule has 32 heavy (non-hydrogen) atoms. The van der Waals surface area contributed by atoms with Gasteiger partial charge >= 0.3 is 12.1 Å². The average molecular weight is 453 g/mol. The van der Waals surface area contributed by atoms with Crippen molar-refractivity contribution in [1.82, 2.24) is 10.6 Å². The van der Waals surface area contributed by atoms with Crippen molar-refractivity contribution >= 4 is 17.7 Å². The first kappa shape index (κ1) is 25.2. The SMILES string of the molecule is CC(C)COC(=O)[C@H](CNC(C)c1cc2c(cc1[N+](=O)[O-])OCO2)NC(=O)OC(C)(C)C. The largest absolute Gasteiger partial charge is 0.464 e. The highest BCUT2D eigenvalue weighted by Gasteiger charge is 2.29. The summed E-state index contributed by atoms with van der Waals surface area (Å²) in [6, 6.07) is 1.24. The molecule has 0 saturated heterocycles. The van der Waals surface area contributed by atoms with Gasteiger partial charge in [0, 0.05) is 12.6 Å². The van der Waals surface area contributed by atoms with Crippen LogP contribution in [0.5, 0.6) is 11.5 Å². The Morgan fingerprint density at radius 1 is 1.19 bits per heavy atom. The maximum absolute atomic E-state index is 12.5. The molecule has 0 aromatic heterocycles. The molecule has 11 heteroatoms. The van der Waals surface area contributed by atoms with Crippen LogP contribution in [0.4, 0.5) is 10.5 Å². The number of carbonyl (C=O) groups is 2. The van der Waals surface area contributed by atoms with E-state index in [1.54, 1.807) is 27.7 Å². The monoisotopic (exact) mass is 453 g/mol. The molecule has 0 radical (unpaired) electrons. The maximum Gasteiger partial charge on any atom is 0.408 e. The molecule has 1 unspecified atom stereocenters. The second-order valence-electron chi connectivity index (χ2n) is 8.87. The Kier molecular flexibility index (Phi) is 8.25. The van der Waals surface area contributed by atoms with E-state index in [1.807, 2.05) is 13.8 Å². The predicted molar refractivity (Wildman–Crippen MR) is 115 cm³/mol. The van der Waals surface area contributed by atoms with Crippen molar-refractivity contribution in [2.24, 2.45) is 5.92 Å². The van der Waals surface area contributed by atoms with Gasteiger partial charge in [-0.3, -0.25) is 10.1 Å². The van der Waals surface area contributed by atoms with Crippen LogP contribution in [0.15, 0.2) is 12.1 Å². The Hall–Kier alpha value is -3.08. The number of alkyl carbamates (subject to hydrolysis) is 1. The number of ether oxygens (including phenoxy) is 4. The van der Waals surface area contributed by atoms with E-state index < -0.39 is 34.7 Å². The number of hydrogen-bond acceptors (Lipinski definition) is 9. The van der Waals surface area contributed by atoms with Crippen LogP contribution < -0.4 is 20.1 Å². The van der Waals surface area contributed by atoms with Gasteiger partial charge in [-0.25, -0.2) is 9.59 Å². The smallest absolute Gasteiger partial charge is 0.408 e. The normalized spacial score (nSPS) is 14.6. The fraction of sp³-hybridized carbons (Fsp3) is 0.619. The molecule has 1 aliphatic heterocycles. The number of nitrogens with one attached hydrogen (secondary N) is 2. The minimum atomic E-state index is -1.06. The van der Waals surface area contributed by atoms with Gasteiger partial charge in [0.25, 0.3) is 5.69 Å². The number of nitro benzene ring substituents is 1. The summed E-state index contributed by atoms with van der Waals surface area (Å²) in [4.78, 5) is 35.8. The number of hydrogen-bond donors (Lipinski definition) is 2. The lowest BCUT2D eigenvalue weighted by molar-refractivity contribution is -0.385. The van der Waals surface area contributed by atoms with E-state index >= 15 is 0 Å². The molecule has 1 aliphatic rings. The molecule has 2 rings (SSSR count). The van der Waals surface area contributed by atoms with Crippen LogP contribution in [-0.4, -0.2) is 48.6 Å². The second kappa shape index (κ2) is 10.5. The Labute approximate surface area is 186 Å². The molecule has 0 aliphatic carbocycles. The molecule has 2 atom stereocenters. The lowest BCUT2D eigenvalue weighted by Gasteiger charge is -2.24. The van der Waals surface area contributed by atoms with Crippen molar-refractivity contribution in [2.75, 3.05) is 19.9 Å². The van der Waals surface area contributed by atoms with Gasteiger partial charge in [-0.15, -0.1) is 0 Å². The van der Waals surface area contributed by atoms with Crippen molar-refractivity contribution < 1.29 is 33.5 Å². The fourth-order valence-corrected chi connectivity index (χ4v) is 2.85. The number of benzene rings is 1. The van der Waals surface area contributed by atoms with Gasteiger partial charge in [-0.05, 0) is 39.7 Å². The van der Waals surface area contributed by atoms with Crippen molar-refractivity contribution in [3.63, 3.8) is 0 Å². The number of nitro groups is 1. The van der Waals surface area contributed by atoms with Gasteiger partial charge in [-0.1, -0.05) is 13.8 Å². The standard InChI is InChI=1S/C21H31N3O8/c1-12(2)10-29-19(25)15(23-20(26)32-21(4,5)6)9-22-13(3)14-7-17-18(31-11-30-17)8-16(14)24(27)28/h7-8,12-13,15,22H,9-11H2,1-6H3,(H,23,26)/t13?,15-/m0/s1. The zero-order valence-electron chi connectivity index (χ0n) is 19.2. The fourth-order valence-electron chi connectivity index (χ4n) is 2.85. The van der Waals surface area contributed by atoms with E-state index in [2.05, 4.69) is 10.6 Å². The summed E-state index contributed by atoms with van der Waals surface area (Å²) in [6.45, 7) is 10.7. The number of amides is 1. The highest BCUT2D eigenvalue weighted by molar-refractivity contribution is 5.81. The van der Waals surface area contributed by atoms with Crippen molar-refractivity contribution in [1.29, 1.82) is 0 Å². The van der Waals surface area contributed by atoms with Gasteiger partial charge in [0.05, 0.1) is 23.2 Å². The third kappa shape index (κ3) is 7.26. The zero-order valence-corrected chi connectivity index (χ0v) is 19.2. The van der Waals surface area contributed by atoms with Crippen LogP contribution in [0, 0.1) is 16.0 Å². The van der Waals surface area contributed by atoms with E-state index in [-0.39, 0.29) is 31.5 Å². The number of fused-ring (bicyclic) bond motifs is 1. The summed E-state index contributed by atoms with van der Waals surface area (Å²) < 4.78 is 21.0. The number of carbonyl (C=O) groups excluding carboxylic acids is 2. The molecule has 0 saturated carbocycles. The first-order chi connectivity index (χ1) is 14.9. The van der Waals surface area contributed by atoms with Crippen molar-refractivity contribution in [2.45, 2.75) is 59.2 Å². The van der Waals surface area contributed by atoms with Crippen LogP contribution >= 0.6 is 0 Å². The zero-order chi connectivity index (χ0) is 24.1. The Balaban J connectivity index is 2.14. The van der Waals surface area contributed by atoms with E-state index in [9.17, 15) is 19.7 Å². The number of esters is 1. The number of nitrogens with zero attached hydrogens (tertiary/aromatic N) is 1. The van der Waals surface area contributed by atoms with Gasteiger partial charge in [0.1, 0.15) is 11.6 Å². The van der Waals surface area contributed by atoms with Gasteiger partial charge in [0.15, 0.2) is 11.5 Å². The summed E-state index contributed by atoms with van der Waals surface area (Å²) >= 11 is 0. The van der Waals surface area contributed by atoms with Crippen LogP contribution in [0.1, 0.15) is 53.1 Å². The van der Waals surface area contributed by atoms with E-state index in [0.29, 0.717) is 17.1 Å². The highest BCUT2D eigenvalue weighted by Crippen LogP contribution is 2.40. The molecular formula is C21H31N3O8. The summed E-state index contributed by atoms with van der Waals surface area (Å²) in [7, 11) is 0. The molecule has 0 bridgehead atoms. The van der Waals surface area contributed by atoms with Gasteiger partial charge in [0.2, 0.25) is 6.79 Å². The first-order valence-electron chi connectivity index (χ1n) is 10.3. The summed E-state index contributed by atoms with van der Waals surface area (Å²) in [5, 5.41) is 17.1. The highest BCUT2D eigenvalue weighted by atomic mass is 16.7. The molecule has 1 amide bonds. The van der Waals surface area contributed by atoms with E-state index in [1.165, 1.54) is 12.1 Å². The molecule has 0 fully saturated rings. The van der Waals surface area contributed by atoms with Crippen LogP contribution in [-0.2, 0) is 14.3 Å². The molecular weight excluding hydrogens is 422 g/mol. The molecule has 1 aromatic rings. The second-order valence-corrected chi connectivity index (χ2v) is 8.87. The summed E-state index contributed by atoms with van der Waals surface area (Å²) in [5.41, 5.74) is -0.538. The Bertz CT molecular complexity index is 850. The molecule has 1 heterocycles. The molecule has 0 spiro atoms. The lowest BCUT2D eigenvalue weighted by atomic mass is 10.0. The minimum absolute atomic E-state index is 0.0126. The average Bonchev–Trinajstić information content (AvgIpc) is 3.14. The van der Waals surface area contributed by atoms with E-state index in [0.717, 1.165) is 0 Å². The van der Waals surface area contributed by atoms with Gasteiger partial charge < -0.3 is 29.6 Å². The molecule has 11 nitrogen and oxygen atoms in total. The molecule has 178 valence electrons. The Morgan fingerprint density at radius 3 is 2.38 bits per heavy atom. The molecule has 2 N–H and O–H groups in total. The van der Waals surface area contributed by atoms with Crippen molar-refractivity contribution in [3.05, 3.63) is 27.8 Å². The maximum atomic E-state index is 12.5. The summed E-state index contributed by atoms with van der Waals surface area (Å²) in [5.74, 6) is 0.183. The summed E-state index contributed by atoms with van der Waals surface area (Å²) in [6.07, 6.45) is -0.771. The number of rotatable bonds is 9. The third-order valence-electron chi connectivity index (χ3n) is 4.35. The Morgan fingerprint density at radius 2 is 1.81 bits per heavy atom. The minimum Gasteiger partial charge on any atom is -0.464 e. The topological polar surface area (TPSA) is 138 Å². The lowest BCUT2D eigenvalue weighted by Crippen LogP contribution is -2.50. The third-order valence-corrected chi connectivity index (χ3v) is 4.35. The van der Waals surface area contributed by atoms with Crippen LogP contribution in [0.25, 0.3) is 0 Å². The van der Waals surface area contributed by atoms with Crippen molar-refractivity contribution in [3.8, 4) is 11.5 Å². The van der Waals surface area contributed by atoms with E-state index in [4.69, 9.17) is 18.9 Å². The van der Waals surface area contributed by atoms with Crippen LogP contribution in [0.2, 0.25) is 0 Å². The van der Waals surface area contributed by atoms with Gasteiger partial charge in [-0.2, -0.15) is 0 Å². The quantitative estimate of drug-likeness (QED) is 0.328. The molecule has 1 aromatic carbocycles.